The van der Waals surface area contributed by atoms with Crippen LogP contribution in [-0.2, 0) is 11.2 Å². The first-order valence-corrected chi connectivity index (χ1v) is 8.14. The Kier molecular flexibility index (Phi) is 6.36. The number of amides is 1. The molecule has 0 aliphatic rings. The fourth-order valence-electron chi connectivity index (χ4n) is 2.36. The van der Waals surface area contributed by atoms with Gasteiger partial charge >= 0.3 is 5.97 Å². The lowest BCUT2D eigenvalue weighted by molar-refractivity contribution is -0.141. The van der Waals surface area contributed by atoms with Crippen molar-refractivity contribution in [3.05, 3.63) is 58.7 Å². The molecule has 25 heavy (non-hydrogen) atoms. The second-order valence-electron chi connectivity index (χ2n) is 5.40. The number of carbonyl (C=O) groups excluding carboxylic acids is 1. The number of nitrogens with zero attached hydrogens (tertiary/aromatic N) is 2. The van der Waals surface area contributed by atoms with Gasteiger partial charge in [0, 0.05) is 19.7 Å². The fraction of sp³-hybridized carbons (Fsp3) is 0.278. The molecule has 6 nitrogen and oxygen atoms in total. The van der Waals surface area contributed by atoms with Crippen molar-refractivity contribution in [2.45, 2.75) is 19.4 Å². The average Bonchev–Trinajstić information content (AvgIpc) is 2.61. The lowest BCUT2D eigenvalue weighted by Gasteiger charge is -2.25. The van der Waals surface area contributed by atoms with Gasteiger partial charge in [-0.2, -0.15) is 0 Å². The number of rotatable bonds is 7. The number of carboxylic acid groups (broad SMARTS) is 1. The van der Waals surface area contributed by atoms with Crippen LogP contribution >= 0.6 is 11.6 Å². The van der Waals surface area contributed by atoms with Crippen LogP contribution in [0.15, 0.2) is 42.6 Å². The predicted octanol–water partition coefficient (Wildman–Crippen LogP) is 2.90. The van der Waals surface area contributed by atoms with Crippen molar-refractivity contribution >= 4 is 23.5 Å². The summed E-state index contributed by atoms with van der Waals surface area (Å²) in [5.74, 6) is -1.31. The van der Waals surface area contributed by atoms with E-state index < -0.39 is 17.9 Å². The van der Waals surface area contributed by atoms with Gasteiger partial charge in [0.2, 0.25) is 5.88 Å². The summed E-state index contributed by atoms with van der Waals surface area (Å²) in [4.78, 5) is 29.5. The first-order valence-electron chi connectivity index (χ1n) is 7.76. The van der Waals surface area contributed by atoms with Crippen molar-refractivity contribution in [2.75, 3.05) is 13.7 Å². The molecular weight excluding hydrogens is 344 g/mol. The fourth-order valence-corrected chi connectivity index (χ4v) is 2.58. The molecule has 0 aliphatic heterocycles. The van der Waals surface area contributed by atoms with Crippen molar-refractivity contribution in [2.24, 2.45) is 0 Å². The average molecular weight is 363 g/mol. The Bertz CT molecular complexity index is 752. The molecule has 132 valence electrons. The summed E-state index contributed by atoms with van der Waals surface area (Å²) in [5.41, 5.74) is 1.03. The Balaban J connectivity index is 2.20. The number of hydrogen-bond acceptors (Lipinski definition) is 4. The smallest absolute Gasteiger partial charge is 0.326 e. The molecule has 2 rings (SSSR count). The number of carbonyl (C=O) groups is 2. The summed E-state index contributed by atoms with van der Waals surface area (Å²) in [5, 5.41) is 9.72. The number of hydrogen-bond donors (Lipinski definition) is 1. The van der Waals surface area contributed by atoms with Gasteiger partial charge in [-0.1, -0.05) is 41.9 Å². The highest BCUT2D eigenvalue weighted by molar-refractivity contribution is 6.32. The Labute approximate surface area is 151 Å². The number of pyridine rings is 1. The predicted molar refractivity (Wildman–Crippen MR) is 94.1 cm³/mol. The van der Waals surface area contributed by atoms with Gasteiger partial charge in [0.15, 0.2) is 0 Å². The minimum absolute atomic E-state index is 0.204. The zero-order valence-electron chi connectivity index (χ0n) is 14.0. The molecular formula is C18H19ClN2O4. The molecule has 1 aromatic carbocycles. The molecule has 1 N–H and O–H groups in total. The zero-order valence-corrected chi connectivity index (χ0v) is 14.7. The molecule has 1 unspecified atom stereocenters. The molecule has 0 saturated heterocycles. The van der Waals surface area contributed by atoms with Crippen LogP contribution in [-0.4, -0.2) is 46.6 Å². The third kappa shape index (κ3) is 4.70. The molecule has 1 heterocycles. The maximum absolute atomic E-state index is 12.6. The number of aliphatic carboxylic acids is 1. The lowest BCUT2D eigenvalue weighted by atomic mass is 10.0. The molecule has 0 saturated carbocycles. The number of aromatic nitrogens is 1. The quantitative estimate of drug-likeness (QED) is 0.819. The van der Waals surface area contributed by atoms with Gasteiger partial charge in [-0.25, -0.2) is 9.78 Å². The molecule has 0 spiro atoms. The van der Waals surface area contributed by atoms with Crippen LogP contribution < -0.4 is 4.74 Å². The van der Waals surface area contributed by atoms with E-state index in [4.69, 9.17) is 16.3 Å². The highest BCUT2D eigenvalue weighted by Gasteiger charge is 2.28. The van der Waals surface area contributed by atoms with Crippen molar-refractivity contribution in [1.29, 1.82) is 0 Å². The van der Waals surface area contributed by atoms with E-state index in [0.29, 0.717) is 6.61 Å². The number of carboxylic acids is 1. The zero-order chi connectivity index (χ0) is 18.4. The van der Waals surface area contributed by atoms with Crippen LogP contribution in [0.3, 0.4) is 0 Å². The summed E-state index contributed by atoms with van der Waals surface area (Å²) in [6.07, 6.45) is 1.54. The van der Waals surface area contributed by atoms with Crippen LogP contribution in [0.5, 0.6) is 5.88 Å². The van der Waals surface area contributed by atoms with Crippen LogP contribution in [0.4, 0.5) is 0 Å². The van der Waals surface area contributed by atoms with Crippen LogP contribution in [0.1, 0.15) is 22.8 Å². The van der Waals surface area contributed by atoms with Crippen LogP contribution in [0, 0.1) is 0 Å². The standard InChI is InChI=1S/C18H19ClN2O4/c1-3-25-16-14(19)10-13(11-20-16)17(22)21(2)15(18(23)24)9-12-7-5-4-6-8-12/h4-8,10-11,15H,3,9H2,1-2H3,(H,23,24). The number of benzene rings is 1. The first-order chi connectivity index (χ1) is 11.9. The minimum Gasteiger partial charge on any atom is -0.480 e. The van der Waals surface area contributed by atoms with Gasteiger partial charge in [-0.05, 0) is 18.6 Å². The van der Waals surface area contributed by atoms with E-state index in [0.717, 1.165) is 5.56 Å². The summed E-state index contributed by atoms with van der Waals surface area (Å²) in [6, 6.07) is 9.58. The third-order valence-corrected chi connectivity index (χ3v) is 3.95. The van der Waals surface area contributed by atoms with E-state index in [1.807, 2.05) is 30.3 Å². The third-order valence-electron chi connectivity index (χ3n) is 3.68. The van der Waals surface area contributed by atoms with Crippen molar-refractivity contribution in [3.63, 3.8) is 0 Å². The van der Waals surface area contributed by atoms with E-state index in [-0.39, 0.29) is 22.9 Å². The van der Waals surface area contributed by atoms with E-state index in [1.54, 1.807) is 6.92 Å². The molecule has 7 heteroatoms. The summed E-state index contributed by atoms with van der Waals surface area (Å²) in [6.45, 7) is 2.20. The maximum Gasteiger partial charge on any atom is 0.326 e. The summed E-state index contributed by atoms with van der Waals surface area (Å²) >= 11 is 6.05. The van der Waals surface area contributed by atoms with Gasteiger partial charge in [-0.15, -0.1) is 0 Å². The van der Waals surface area contributed by atoms with Crippen LogP contribution in [0.2, 0.25) is 5.02 Å². The van der Waals surface area contributed by atoms with Crippen molar-refractivity contribution < 1.29 is 19.4 Å². The second kappa shape index (κ2) is 8.48. The Hall–Kier alpha value is -2.60. The Morgan fingerprint density at radius 1 is 1.32 bits per heavy atom. The lowest BCUT2D eigenvalue weighted by Crippen LogP contribution is -2.43. The number of ether oxygens (including phenoxy) is 1. The molecule has 0 aliphatic carbocycles. The topological polar surface area (TPSA) is 79.7 Å². The van der Waals surface area contributed by atoms with E-state index in [2.05, 4.69) is 4.98 Å². The maximum atomic E-state index is 12.6. The van der Waals surface area contributed by atoms with Crippen molar-refractivity contribution in [3.8, 4) is 5.88 Å². The molecule has 0 radical (unpaired) electrons. The molecule has 0 bridgehead atoms. The van der Waals surface area contributed by atoms with E-state index >= 15 is 0 Å². The molecule has 1 amide bonds. The summed E-state index contributed by atoms with van der Waals surface area (Å²) in [7, 11) is 1.45. The SMILES string of the molecule is CCOc1ncc(C(=O)N(C)C(Cc2ccccc2)C(=O)O)cc1Cl. The van der Waals surface area contributed by atoms with Crippen LogP contribution in [0.25, 0.3) is 0 Å². The first kappa shape index (κ1) is 18.7. The Morgan fingerprint density at radius 2 is 2.00 bits per heavy atom. The largest absolute Gasteiger partial charge is 0.480 e. The molecule has 1 aromatic heterocycles. The molecule has 2 aromatic rings. The van der Waals surface area contributed by atoms with Gasteiger partial charge in [-0.3, -0.25) is 4.79 Å². The molecule has 0 fully saturated rings. The van der Waals surface area contributed by atoms with Crippen molar-refractivity contribution in [1.82, 2.24) is 9.88 Å². The van der Waals surface area contributed by atoms with Gasteiger partial charge < -0.3 is 14.7 Å². The van der Waals surface area contributed by atoms with Gasteiger partial charge in [0.1, 0.15) is 11.1 Å². The second-order valence-corrected chi connectivity index (χ2v) is 5.81. The minimum atomic E-state index is -1.08. The number of likely N-dealkylation sites (N-methyl/N-ethyl adjacent to an activating group) is 1. The van der Waals surface area contributed by atoms with E-state index in [9.17, 15) is 14.7 Å². The number of halogens is 1. The van der Waals surface area contributed by atoms with E-state index in [1.165, 1.54) is 24.2 Å². The normalized spacial score (nSPS) is 11.6. The van der Waals surface area contributed by atoms with Gasteiger partial charge in [0.05, 0.1) is 12.2 Å². The summed E-state index contributed by atoms with van der Waals surface area (Å²) < 4.78 is 5.23. The monoisotopic (exact) mass is 362 g/mol. The highest BCUT2D eigenvalue weighted by Crippen LogP contribution is 2.23. The molecule has 1 atom stereocenters. The highest BCUT2D eigenvalue weighted by atomic mass is 35.5. The Morgan fingerprint density at radius 3 is 2.56 bits per heavy atom. The van der Waals surface area contributed by atoms with Gasteiger partial charge in [0.25, 0.3) is 5.91 Å².